The number of amides is 2. The fourth-order valence-corrected chi connectivity index (χ4v) is 3.66. The van der Waals surface area contributed by atoms with Crippen molar-refractivity contribution in [3.05, 3.63) is 59.1 Å². The molecule has 1 heterocycles. The molecule has 0 radical (unpaired) electrons. The van der Waals surface area contributed by atoms with E-state index in [9.17, 15) is 9.59 Å². The van der Waals surface area contributed by atoms with Gasteiger partial charge in [0.25, 0.3) is 0 Å². The Hall–Kier alpha value is -2.37. The second-order valence-corrected chi connectivity index (χ2v) is 7.67. The average Bonchev–Trinajstić information content (AvgIpc) is 2.71. The van der Waals surface area contributed by atoms with Crippen LogP contribution in [-0.2, 0) is 9.59 Å². The lowest BCUT2D eigenvalue weighted by Crippen LogP contribution is -2.49. The molecule has 1 aliphatic heterocycles. The number of nitrogens with one attached hydrogen (secondary N) is 2. The summed E-state index contributed by atoms with van der Waals surface area (Å²) in [4.78, 5) is 27.4. The van der Waals surface area contributed by atoms with Gasteiger partial charge in [0.15, 0.2) is 0 Å². The number of hydrogen-bond acceptors (Lipinski definition) is 3. The number of para-hydroxylation sites is 1. The minimum absolute atomic E-state index is 0.00851. The zero-order valence-electron chi connectivity index (χ0n) is 16.2. The molecule has 28 heavy (non-hydrogen) atoms. The number of likely N-dealkylation sites (tertiary alicyclic amines) is 1. The van der Waals surface area contributed by atoms with Gasteiger partial charge in [-0.05, 0) is 63.1 Å². The molecule has 5 nitrogen and oxygen atoms in total. The van der Waals surface area contributed by atoms with Gasteiger partial charge >= 0.3 is 0 Å². The summed E-state index contributed by atoms with van der Waals surface area (Å²) in [6.07, 6.45) is 1.72. The van der Waals surface area contributed by atoms with Crippen LogP contribution in [0.25, 0.3) is 0 Å². The molecule has 148 valence electrons. The number of hydrogen-bond donors (Lipinski definition) is 2. The standard InChI is InChI=1S/C22H26ClN3O2/c1-15-19(23)11-6-12-20(15)25-21(27)16(2)26-13-7-8-17(14-26)22(28)24-18-9-4-3-5-10-18/h3-6,9-12,16-17H,7-8,13-14H2,1-2H3,(H,24,28)(H,25,27). The van der Waals surface area contributed by atoms with E-state index in [4.69, 9.17) is 11.6 Å². The third-order valence-electron chi connectivity index (χ3n) is 5.32. The van der Waals surface area contributed by atoms with Gasteiger partial charge in [0.1, 0.15) is 0 Å². The highest BCUT2D eigenvalue weighted by molar-refractivity contribution is 6.31. The van der Waals surface area contributed by atoms with Crippen LogP contribution in [0.4, 0.5) is 11.4 Å². The van der Waals surface area contributed by atoms with Gasteiger partial charge in [-0.2, -0.15) is 0 Å². The number of nitrogens with zero attached hydrogens (tertiary/aromatic N) is 1. The Morgan fingerprint density at radius 1 is 1.11 bits per heavy atom. The Balaban J connectivity index is 1.60. The molecular weight excluding hydrogens is 374 g/mol. The monoisotopic (exact) mass is 399 g/mol. The van der Waals surface area contributed by atoms with Gasteiger partial charge in [-0.25, -0.2) is 0 Å². The van der Waals surface area contributed by atoms with E-state index in [1.165, 1.54) is 0 Å². The highest BCUT2D eigenvalue weighted by Crippen LogP contribution is 2.24. The van der Waals surface area contributed by atoms with E-state index in [2.05, 4.69) is 15.5 Å². The molecule has 2 amide bonds. The maximum absolute atomic E-state index is 12.7. The lowest BCUT2D eigenvalue weighted by atomic mass is 9.95. The Morgan fingerprint density at radius 2 is 1.86 bits per heavy atom. The lowest BCUT2D eigenvalue weighted by Gasteiger charge is -2.35. The number of benzene rings is 2. The first-order chi connectivity index (χ1) is 13.5. The Kier molecular flexibility index (Phi) is 6.70. The van der Waals surface area contributed by atoms with Crippen molar-refractivity contribution in [3.63, 3.8) is 0 Å². The summed E-state index contributed by atoms with van der Waals surface area (Å²) in [5, 5.41) is 6.57. The van der Waals surface area contributed by atoms with Crippen molar-refractivity contribution in [3.8, 4) is 0 Å². The van der Waals surface area contributed by atoms with E-state index in [1.54, 1.807) is 6.07 Å². The summed E-state index contributed by atoms with van der Waals surface area (Å²) in [5.74, 6) is -0.208. The van der Waals surface area contributed by atoms with Crippen LogP contribution in [0.3, 0.4) is 0 Å². The predicted molar refractivity (Wildman–Crippen MR) is 114 cm³/mol. The molecule has 0 spiro atoms. The molecule has 6 heteroatoms. The Morgan fingerprint density at radius 3 is 2.61 bits per heavy atom. The van der Waals surface area contributed by atoms with Gasteiger partial charge in [0.05, 0.1) is 12.0 Å². The number of piperidine rings is 1. The van der Waals surface area contributed by atoms with E-state index in [0.29, 0.717) is 11.6 Å². The van der Waals surface area contributed by atoms with Crippen LogP contribution < -0.4 is 10.6 Å². The van der Waals surface area contributed by atoms with Crippen molar-refractivity contribution < 1.29 is 9.59 Å². The minimum atomic E-state index is -0.328. The summed E-state index contributed by atoms with van der Waals surface area (Å²) in [5.41, 5.74) is 2.37. The molecule has 0 aromatic heterocycles. The molecule has 2 aromatic carbocycles. The third kappa shape index (κ3) is 4.91. The van der Waals surface area contributed by atoms with Crippen LogP contribution >= 0.6 is 11.6 Å². The summed E-state index contributed by atoms with van der Waals surface area (Å²) >= 11 is 6.14. The quantitative estimate of drug-likeness (QED) is 0.786. The molecule has 1 fully saturated rings. The zero-order chi connectivity index (χ0) is 20.1. The van der Waals surface area contributed by atoms with Crippen LogP contribution in [0.2, 0.25) is 5.02 Å². The number of rotatable bonds is 5. The van der Waals surface area contributed by atoms with E-state index >= 15 is 0 Å². The highest BCUT2D eigenvalue weighted by Gasteiger charge is 2.31. The van der Waals surface area contributed by atoms with Crippen molar-refractivity contribution in [1.82, 2.24) is 4.90 Å². The van der Waals surface area contributed by atoms with Crippen LogP contribution in [-0.4, -0.2) is 35.8 Å². The first-order valence-electron chi connectivity index (χ1n) is 9.61. The largest absolute Gasteiger partial charge is 0.326 e. The maximum atomic E-state index is 12.7. The van der Waals surface area contributed by atoms with E-state index < -0.39 is 0 Å². The fourth-order valence-electron chi connectivity index (χ4n) is 3.48. The van der Waals surface area contributed by atoms with Crippen molar-refractivity contribution in [2.24, 2.45) is 5.92 Å². The molecule has 0 aliphatic carbocycles. The number of carbonyl (C=O) groups is 2. The summed E-state index contributed by atoms with van der Waals surface area (Å²) < 4.78 is 0. The molecule has 1 saturated heterocycles. The SMILES string of the molecule is Cc1c(Cl)cccc1NC(=O)C(C)N1CCCC(C(=O)Nc2ccccc2)C1. The Labute approximate surface area is 171 Å². The Bertz CT molecular complexity index is 841. The van der Waals surface area contributed by atoms with Crippen LogP contribution in [0.1, 0.15) is 25.3 Å². The van der Waals surface area contributed by atoms with E-state index in [1.807, 2.05) is 56.3 Å². The topological polar surface area (TPSA) is 61.4 Å². The predicted octanol–water partition coefficient (Wildman–Crippen LogP) is 4.33. The molecule has 2 N–H and O–H groups in total. The molecule has 2 aromatic rings. The number of carbonyl (C=O) groups excluding carboxylic acids is 2. The van der Waals surface area contributed by atoms with E-state index in [0.717, 1.165) is 36.3 Å². The van der Waals surface area contributed by atoms with Gasteiger partial charge in [-0.3, -0.25) is 14.5 Å². The maximum Gasteiger partial charge on any atom is 0.241 e. The van der Waals surface area contributed by atoms with Gasteiger partial charge in [0.2, 0.25) is 11.8 Å². The second-order valence-electron chi connectivity index (χ2n) is 7.27. The fraction of sp³-hybridized carbons (Fsp3) is 0.364. The minimum Gasteiger partial charge on any atom is -0.326 e. The van der Waals surface area contributed by atoms with Crippen LogP contribution in [0.15, 0.2) is 48.5 Å². The highest BCUT2D eigenvalue weighted by atomic mass is 35.5. The van der Waals surface area contributed by atoms with Crippen molar-refractivity contribution >= 4 is 34.8 Å². The number of halogens is 1. The molecule has 0 saturated carbocycles. The molecule has 1 aliphatic rings. The van der Waals surface area contributed by atoms with Gasteiger partial charge in [-0.1, -0.05) is 35.9 Å². The van der Waals surface area contributed by atoms with Crippen LogP contribution in [0, 0.1) is 12.8 Å². The lowest BCUT2D eigenvalue weighted by molar-refractivity contribution is -0.125. The zero-order valence-corrected chi connectivity index (χ0v) is 17.0. The molecule has 2 unspecified atom stereocenters. The van der Waals surface area contributed by atoms with Crippen molar-refractivity contribution in [1.29, 1.82) is 0 Å². The summed E-state index contributed by atoms with van der Waals surface area (Å²) in [6.45, 7) is 5.14. The van der Waals surface area contributed by atoms with Gasteiger partial charge in [-0.15, -0.1) is 0 Å². The summed E-state index contributed by atoms with van der Waals surface area (Å²) in [7, 11) is 0. The molecular formula is C22H26ClN3O2. The van der Waals surface area contributed by atoms with Crippen molar-refractivity contribution in [2.75, 3.05) is 23.7 Å². The first kappa shape index (κ1) is 20.4. The first-order valence-corrected chi connectivity index (χ1v) is 9.99. The molecule has 0 bridgehead atoms. The third-order valence-corrected chi connectivity index (χ3v) is 5.73. The summed E-state index contributed by atoms with van der Waals surface area (Å²) in [6, 6.07) is 14.6. The van der Waals surface area contributed by atoms with Crippen LogP contribution in [0.5, 0.6) is 0 Å². The normalized spacial score (nSPS) is 18.3. The van der Waals surface area contributed by atoms with E-state index in [-0.39, 0.29) is 23.8 Å². The van der Waals surface area contributed by atoms with Gasteiger partial charge < -0.3 is 10.6 Å². The molecule has 2 atom stereocenters. The number of anilines is 2. The van der Waals surface area contributed by atoms with Crippen molar-refractivity contribution in [2.45, 2.75) is 32.7 Å². The second kappa shape index (κ2) is 9.22. The average molecular weight is 400 g/mol. The van der Waals surface area contributed by atoms with Gasteiger partial charge in [0, 0.05) is 22.9 Å². The molecule has 3 rings (SSSR count). The smallest absolute Gasteiger partial charge is 0.241 e.